The van der Waals surface area contributed by atoms with E-state index in [4.69, 9.17) is 5.11 Å². The maximum Gasteiger partial charge on any atom is 0.0431 e. The Labute approximate surface area is 85.2 Å². The minimum absolute atomic E-state index is 0.288. The number of pyridine rings is 1. The molecule has 78 valence electrons. The Morgan fingerprint density at radius 2 is 2.29 bits per heavy atom. The number of nitrogens with one attached hydrogen (secondary N) is 1. The smallest absolute Gasteiger partial charge is 0.0431 e. The van der Waals surface area contributed by atoms with Gasteiger partial charge in [-0.15, -0.1) is 0 Å². The summed E-state index contributed by atoms with van der Waals surface area (Å²) in [5, 5.41) is 11.9. The van der Waals surface area contributed by atoms with E-state index in [2.05, 4.69) is 17.2 Å². The predicted molar refractivity (Wildman–Crippen MR) is 57.0 cm³/mol. The van der Waals surface area contributed by atoms with Crippen LogP contribution in [0.2, 0.25) is 0 Å². The summed E-state index contributed by atoms with van der Waals surface area (Å²) in [7, 11) is 0. The van der Waals surface area contributed by atoms with Crippen LogP contribution in [0.4, 0.5) is 0 Å². The molecule has 0 unspecified atom stereocenters. The number of aliphatic hydroxyl groups is 1. The summed E-state index contributed by atoms with van der Waals surface area (Å²) in [6.45, 7) is 4.20. The van der Waals surface area contributed by atoms with Crippen molar-refractivity contribution in [2.75, 3.05) is 13.2 Å². The second-order valence-electron chi connectivity index (χ2n) is 3.41. The van der Waals surface area contributed by atoms with E-state index in [-0.39, 0.29) is 6.61 Å². The third-order valence-corrected chi connectivity index (χ3v) is 2.21. The van der Waals surface area contributed by atoms with Crippen molar-refractivity contribution in [3.8, 4) is 0 Å². The highest BCUT2D eigenvalue weighted by Gasteiger charge is 1.95. The molecule has 1 heterocycles. The van der Waals surface area contributed by atoms with Gasteiger partial charge in [-0.1, -0.05) is 0 Å². The highest BCUT2D eigenvalue weighted by atomic mass is 16.2. The molecule has 0 bridgehead atoms. The lowest BCUT2D eigenvalue weighted by Crippen LogP contribution is -2.15. The average Bonchev–Trinajstić information content (AvgIpc) is 2.20. The minimum atomic E-state index is 0.288. The first kappa shape index (κ1) is 11.1. The third-order valence-electron chi connectivity index (χ3n) is 2.21. The maximum atomic E-state index is 8.59. The van der Waals surface area contributed by atoms with Gasteiger partial charge < -0.3 is 10.4 Å². The maximum absolute atomic E-state index is 8.59. The topological polar surface area (TPSA) is 45.2 Å². The van der Waals surface area contributed by atoms with Crippen LogP contribution in [0.25, 0.3) is 0 Å². The zero-order valence-electron chi connectivity index (χ0n) is 8.66. The second kappa shape index (κ2) is 6.51. The summed E-state index contributed by atoms with van der Waals surface area (Å²) in [4.78, 5) is 4.04. The minimum Gasteiger partial charge on any atom is -0.396 e. The van der Waals surface area contributed by atoms with Crippen LogP contribution < -0.4 is 5.32 Å². The molecule has 0 fully saturated rings. The number of hydrogen-bond acceptors (Lipinski definition) is 3. The van der Waals surface area contributed by atoms with E-state index in [0.29, 0.717) is 0 Å². The molecule has 0 atom stereocenters. The molecule has 0 amide bonds. The summed E-state index contributed by atoms with van der Waals surface area (Å²) in [5.41, 5.74) is 2.52. The van der Waals surface area contributed by atoms with Crippen molar-refractivity contribution in [2.24, 2.45) is 0 Å². The van der Waals surface area contributed by atoms with Gasteiger partial charge in [-0.05, 0) is 43.5 Å². The van der Waals surface area contributed by atoms with Gasteiger partial charge in [0.2, 0.25) is 0 Å². The summed E-state index contributed by atoms with van der Waals surface area (Å²) < 4.78 is 0. The molecule has 0 aliphatic carbocycles. The van der Waals surface area contributed by atoms with Crippen LogP contribution in [0.15, 0.2) is 18.5 Å². The van der Waals surface area contributed by atoms with E-state index in [1.54, 1.807) is 0 Å². The summed E-state index contributed by atoms with van der Waals surface area (Å²) in [6, 6.07) is 2.04. The lowest BCUT2D eigenvalue weighted by Gasteiger charge is -2.06. The molecular formula is C11H18N2O. The molecule has 2 N–H and O–H groups in total. The van der Waals surface area contributed by atoms with Crippen LogP contribution >= 0.6 is 0 Å². The molecule has 14 heavy (non-hydrogen) atoms. The van der Waals surface area contributed by atoms with Crippen LogP contribution in [0, 0.1) is 6.92 Å². The Bertz CT molecular complexity index is 263. The van der Waals surface area contributed by atoms with Gasteiger partial charge >= 0.3 is 0 Å². The molecule has 0 aliphatic heterocycles. The Balaban J connectivity index is 2.21. The van der Waals surface area contributed by atoms with Gasteiger partial charge in [0.05, 0.1) is 0 Å². The fraction of sp³-hybridized carbons (Fsp3) is 0.545. The molecule has 0 aliphatic rings. The molecule has 1 rings (SSSR count). The Kier molecular flexibility index (Phi) is 5.19. The monoisotopic (exact) mass is 194 g/mol. The zero-order chi connectivity index (χ0) is 10.2. The van der Waals surface area contributed by atoms with Gasteiger partial charge in [0.25, 0.3) is 0 Å². The van der Waals surface area contributed by atoms with Gasteiger partial charge in [0, 0.05) is 25.5 Å². The number of aromatic nitrogens is 1. The fourth-order valence-corrected chi connectivity index (χ4v) is 1.29. The van der Waals surface area contributed by atoms with Crippen molar-refractivity contribution in [1.29, 1.82) is 0 Å². The van der Waals surface area contributed by atoms with E-state index in [0.717, 1.165) is 25.9 Å². The van der Waals surface area contributed by atoms with Crippen LogP contribution in [0.3, 0.4) is 0 Å². The number of rotatable bonds is 6. The molecule has 0 radical (unpaired) electrons. The van der Waals surface area contributed by atoms with E-state index in [1.165, 1.54) is 11.1 Å². The van der Waals surface area contributed by atoms with Crippen molar-refractivity contribution in [1.82, 2.24) is 10.3 Å². The molecule has 0 spiro atoms. The van der Waals surface area contributed by atoms with Gasteiger partial charge in [0.1, 0.15) is 0 Å². The van der Waals surface area contributed by atoms with E-state index < -0.39 is 0 Å². The zero-order valence-corrected chi connectivity index (χ0v) is 8.66. The molecule has 0 saturated carbocycles. The number of aliphatic hydroxyl groups excluding tert-OH is 1. The van der Waals surface area contributed by atoms with E-state index in [9.17, 15) is 0 Å². The normalized spacial score (nSPS) is 10.4. The van der Waals surface area contributed by atoms with Crippen molar-refractivity contribution >= 4 is 0 Å². The van der Waals surface area contributed by atoms with E-state index in [1.807, 2.05) is 18.5 Å². The largest absolute Gasteiger partial charge is 0.396 e. The lowest BCUT2D eigenvalue weighted by molar-refractivity contribution is 0.283. The molecule has 0 aromatic carbocycles. The number of aryl methyl sites for hydroxylation is 1. The van der Waals surface area contributed by atoms with Crippen molar-refractivity contribution in [2.45, 2.75) is 26.3 Å². The quantitative estimate of drug-likeness (QED) is 0.670. The van der Waals surface area contributed by atoms with E-state index >= 15 is 0 Å². The number of nitrogens with zero attached hydrogens (tertiary/aromatic N) is 1. The van der Waals surface area contributed by atoms with Crippen LogP contribution in [0.5, 0.6) is 0 Å². The Morgan fingerprint density at radius 1 is 1.43 bits per heavy atom. The van der Waals surface area contributed by atoms with Gasteiger partial charge in [0.15, 0.2) is 0 Å². The van der Waals surface area contributed by atoms with Gasteiger partial charge in [-0.25, -0.2) is 0 Å². The highest BCUT2D eigenvalue weighted by Crippen LogP contribution is 2.03. The molecule has 3 heteroatoms. The fourth-order valence-electron chi connectivity index (χ4n) is 1.29. The molecular weight excluding hydrogens is 176 g/mol. The first-order valence-corrected chi connectivity index (χ1v) is 5.05. The second-order valence-corrected chi connectivity index (χ2v) is 3.41. The Hall–Kier alpha value is -0.930. The van der Waals surface area contributed by atoms with Gasteiger partial charge in [-0.3, -0.25) is 4.98 Å². The van der Waals surface area contributed by atoms with Gasteiger partial charge in [-0.2, -0.15) is 0 Å². The van der Waals surface area contributed by atoms with Crippen molar-refractivity contribution < 1.29 is 5.11 Å². The van der Waals surface area contributed by atoms with Crippen LogP contribution in [-0.2, 0) is 6.54 Å². The molecule has 1 aromatic heterocycles. The Morgan fingerprint density at radius 3 is 3.00 bits per heavy atom. The SMILES string of the molecule is Cc1cnccc1CNCCCCO. The summed E-state index contributed by atoms with van der Waals surface area (Å²) in [6.07, 6.45) is 5.60. The lowest BCUT2D eigenvalue weighted by atomic mass is 10.1. The molecule has 0 saturated heterocycles. The van der Waals surface area contributed by atoms with Crippen LogP contribution in [0.1, 0.15) is 24.0 Å². The van der Waals surface area contributed by atoms with Crippen molar-refractivity contribution in [3.05, 3.63) is 29.6 Å². The highest BCUT2D eigenvalue weighted by molar-refractivity contribution is 5.20. The number of unbranched alkanes of at least 4 members (excludes halogenated alkanes) is 1. The first-order valence-electron chi connectivity index (χ1n) is 5.05. The number of hydrogen-bond donors (Lipinski definition) is 2. The third kappa shape index (κ3) is 3.85. The molecule has 3 nitrogen and oxygen atoms in total. The van der Waals surface area contributed by atoms with Crippen LogP contribution in [-0.4, -0.2) is 23.2 Å². The predicted octanol–water partition coefficient (Wildman–Crippen LogP) is 1.25. The van der Waals surface area contributed by atoms with Crippen molar-refractivity contribution in [3.63, 3.8) is 0 Å². The first-order chi connectivity index (χ1) is 6.84. The average molecular weight is 194 g/mol. The summed E-state index contributed by atoms with van der Waals surface area (Å²) in [5.74, 6) is 0. The summed E-state index contributed by atoms with van der Waals surface area (Å²) >= 11 is 0. The standard InChI is InChI=1S/C11H18N2O/c1-10-8-13-6-4-11(10)9-12-5-2-3-7-14/h4,6,8,12,14H,2-3,5,7,9H2,1H3. The molecule has 1 aromatic rings.